The molecule has 7 nitrogen and oxygen atoms in total. The van der Waals surface area contributed by atoms with Gasteiger partial charge in [0.25, 0.3) is 0 Å². The molecule has 1 fully saturated rings. The van der Waals surface area contributed by atoms with Crippen molar-refractivity contribution in [1.29, 1.82) is 0 Å². The Labute approximate surface area is 192 Å². The maximum Gasteiger partial charge on any atom is 0.173 e. The fraction of sp³-hybridized carbons (Fsp3) is 0.381. The van der Waals surface area contributed by atoms with Crippen LogP contribution in [0.25, 0.3) is 0 Å². The molecule has 1 aliphatic rings. The Morgan fingerprint density at radius 2 is 1.71 bits per heavy atom. The predicted octanol–water partition coefficient (Wildman–Crippen LogP) is 3.45. The second kappa shape index (κ2) is 10.9. The number of nitrogens with zero attached hydrogens (tertiary/aromatic N) is 6. The standard InChI is InChI=1S/C21H24ClFN6O.ClH/c1-30-15-14-29-21(24-25-26-29)20(16-2-4-17(22)5-3-16)28-12-10-27(11-13-28)19-8-6-18(23)7-9-19;/h2-9,20H,10-15H2,1H3;1H. The quantitative estimate of drug-likeness (QED) is 0.531. The lowest BCUT2D eigenvalue weighted by Crippen LogP contribution is -2.48. The van der Waals surface area contributed by atoms with Crippen LogP contribution in [0.1, 0.15) is 17.4 Å². The number of anilines is 1. The van der Waals surface area contributed by atoms with E-state index in [4.69, 9.17) is 16.3 Å². The Morgan fingerprint density at radius 1 is 1.03 bits per heavy atom. The van der Waals surface area contributed by atoms with Gasteiger partial charge in [-0.2, -0.15) is 0 Å². The maximum atomic E-state index is 13.3. The van der Waals surface area contributed by atoms with Crippen molar-refractivity contribution in [3.05, 3.63) is 70.8 Å². The van der Waals surface area contributed by atoms with Crippen LogP contribution in [0, 0.1) is 5.82 Å². The highest BCUT2D eigenvalue weighted by Crippen LogP contribution is 2.30. The van der Waals surface area contributed by atoms with E-state index in [-0.39, 0.29) is 24.3 Å². The minimum Gasteiger partial charge on any atom is -0.383 e. The van der Waals surface area contributed by atoms with Crippen LogP contribution in [0.15, 0.2) is 48.5 Å². The molecule has 166 valence electrons. The van der Waals surface area contributed by atoms with E-state index in [1.807, 2.05) is 36.4 Å². The average molecular weight is 467 g/mol. The molecule has 0 N–H and O–H groups in total. The van der Waals surface area contributed by atoms with Gasteiger partial charge >= 0.3 is 0 Å². The number of piperazine rings is 1. The molecule has 1 aliphatic heterocycles. The van der Waals surface area contributed by atoms with E-state index >= 15 is 0 Å². The minimum absolute atomic E-state index is 0. The van der Waals surface area contributed by atoms with Crippen molar-refractivity contribution < 1.29 is 9.13 Å². The van der Waals surface area contributed by atoms with Crippen LogP contribution in [0.5, 0.6) is 0 Å². The summed E-state index contributed by atoms with van der Waals surface area (Å²) in [6.07, 6.45) is 0. The van der Waals surface area contributed by atoms with Crippen LogP contribution in [0.2, 0.25) is 5.02 Å². The van der Waals surface area contributed by atoms with Crippen LogP contribution in [-0.4, -0.2) is 65.0 Å². The molecule has 2 heterocycles. The van der Waals surface area contributed by atoms with Crippen molar-refractivity contribution in [2.75, 3.05) is 44.8 Å². The number of rotatable bonds is 7. The molecule has 0 bridgehead atoms. The number of halogens is 3. The molecule has 3 aromatic rings. The van der Waals surface area contributed by atoms with Gasteiger partial charge in [0.2, 0.25) is 0 Å². The van der Waals surface area contributed by atoms with Crippen LogP contribution >= 0.6 is 24.0 Å². The van der Waals surface area contributed by atoms with Crippen molar-refractivity contribution in [3.63, 3.8) is 0 Å². The first kappa shape index (κ1) is 23.4. The molecule has 0 spiro atoms. The zero-order chi connectivity index (χ0) is 20.9. The Kier molecular flexibility index (Phi) is 8.20. The van der Waals surface area contributed by atoms with Gasteiger partial charge in [0.1, 0.15) is 5.82 Å². The summed E-state index contributed by atoms with van der Waals surface area (Å²) in [7, 11) is 1.66. The normalized spacial score (nSPS) is 15.5. The molecule has 0 amide bonds. The van der Waals surface area contributed by atoms with Crippen LogP contribution < -0.4 is 4.90 Å². The molecule has 10 heteroatoms. The number of methoxy groups -OCH3 is 1. The third-order valence-corrected chi connectivity index (χ3v) is 5.62. The highest BCUT2D eigenvalue weighted by atomic mass is 35.5. The van der Waals surface area contributed by atoms with E-state index in [1.54, 1.807) is 11.8 Å². The maximum absolute atomic E-state index is 13.3. The number of ether oxygens (including phenoxy) is 1. The SMILES string of the molecule is COCCn1nnnc1C(c1ccc(Cl)cc1)N1CCN(c2ccc(F)cc2)CC1.Cl. The van der Waals surface area contributed by atoms with E-state index < -0.39 is 0 Å². The Morgan fingerprint density at radius 3 is 2.35 bits per heavy atom. The number of hydrogen-bond acceptors (Lipinski definition) is 6. The van der Waals surface area contributed by atoms with Gasteiger partial charge in [0, 0.05) is 44.0 Å². The van der Waals surface area contributed by atoms with Gasteiger partial charge in [-0.15, -0.1) is 17.5 Å². The van der Waals surface area contributed by atoms with E-state index in [0.717, 1.165) is 43.3 Å². The number of benzene rings is 2. The smallest absolute Gasteiger partial charge is 0.173 e. The lowest BCUT2D eigenvalue weighted by Gasteiger charge is -2.40. The summed E-state index contributed by atoms with van der Waals surface area (Å²) >= 11 is 6.12. The van der Waals surface area contributed by atoms with E-state index in [2.05, 4.69) is 25.3 Å². The molecule has 1 aromatic heterocycles. The molecule has 2 aromatic carbocycles. The largest absolute Gasteiger partial charge is 0.383 e. The highest BCUT2D eigenvalue weighted by molar-refractivity contribution is 6.30. The molecule has 1 saturated heterocycles. The van der Waals surface area contributed by atoms with Gasteiger partial charge in [-0.25, -0.2) is 9.07 Å². The molecule has 0 aliphatic carbocycles. The third-order valence-electron chi connectivity index (χ3n) is 5.37. The van der Waals surface area contributed by atoms with Crippen molar-refractivity contribution in [1.82, 2.24) is 25.1 Å². The molecule has 31 heavy (non-hydrogen) atoms. The van der Waals surface area contributed by atoms with Crippen molar-refractivity contribution in [2.24, 2.45) is 0 Å². The van der Waals surface area contributed by atoms with E-state index in [9.17, 15) is 4.39 Å². The summed E-state index contributed by atoms with van der Waals surface area (Å²) in [5.74, 6) is 0.563. The first-order valence-corrected chi connectivity index (χ1v) is 10.3. The first-order chi connectivity index (χ1) is 14.7. The third kappa shape index (κ3) is 5.51. The molecule has 1 atom stereocenters. The summed E-state index contributed by atoms with van der Waals surface area (Å²) in [5.41, 5.74) is 2.12. The number of aromatic nitrogens is 4. The monoisotopic (exact) mass is 466 g/mol. The molecule has 1 unspecified atom stereocenters. The van der Waals surface area contributed by atoms with Gasteiger partial charge in [-0.1, -0.05) is 23.7 Å². The zero-order valence-corrected chi connectivity index (χ0v) is 18.8. The lowest BCUT2D eigenvalue weighted by atomic mass is 10.0. The predicted molar refractivity (Wildman–Crippen MR) is 120 cm³/mol. The van der Waals surface area contributed by atoms with Crippen LogP contribution in [-0.2, 0) is 11.3 Å². The molecular weight excluding hydrogens is 442 g/mol. The van der Waals surface area contributed by atoms with Gasteiger partial charge in [-0.05, 0) is 52.4 Å². The number of hydrogen-bond donors (Lipinski definition) is 0. The fourth-order valence-electron chi connectivity index (χ4n) is 3.80. The van der Waals surface area contributed by atoms with Gasteiger partial charge in [0.15, 0.2) is 5.82 Å². The molecule has 0 saturated carbocycles. The molecule has 4 rings (SSSR count). The summed E-state index contributed by atoms with van der Waals surface area (Å²) < 4.78 is 20.3. The van der Waals surface area contributed by atoms with Crippen LogP contribution in [0.3, 0.4) is 0 Å². The summed E-state index contributed by atoms with van der Waals surface area (Å²) in [6.45, 7) is 4.41. The highest BCUT2D eigenvalue weighted by Gasteiger charge is 2.30. The first-order valence-electron chi connectivity index (χ1n) is 9.91. The summed E-state index contributed by atoms with van der Waals surface area (Å²) in [4.78, 5) is 4.64. The van der Waals surface area contributed by atoms with Gasteiger partial charge in [-0.3, -0.25) is 4.90 Å². The second-order valence-corrected chi connectivity index (χ2v) is 7.64. The Bertz CT molecular complexity index is 945. The number of tetrazole rings is 1. The van der Waals surface area contributed by atoms with Gasteiger partial charge < -0.3 is 9.64 Å². The van der Waals surface area contributed by atoms with Gasteiger partial charge in [0.05, 0.1) is 19.2 Å². The van der Waals surface area contributed by atoms with E-state index in [0.29, 0.717) is 18.2 Å². The van der Waals surface area contributed by atoms with E-state index in [1.165, 1.54) is 12.1 Å². The molecule has 0 radical (unpaired) electrons. The summed E-state index contributed by atoms with van der Waals surface area (Å²) in [5, 5.41) is 13.1. The fourth-order valence-corrected chi connectivity index (χ4v) is 3.93. The van der Waals surface area contributed by atoms with Crippen molar-refractivity contribution >= 4 is 29.7 Å². The second-order valence-electron chi connectivity index (χ2n) is 7.21. The topological polar surface area (TPSA) is 59.3 Å². The van der Waals surface area contributed by atoms with Crippen molar-refractivity contribution in [2.45, 2.75) is 12.6 Å². The Hall–Kier alpha value is -2.26. The lowest BCUT2D eigenvalue weighted by molar-refractivity contribution is 0.172. The minimum atomic E-state index is -0.219. The average Bonchev–Trinajstić information content (AvgIpc) is 3.23. The summed E-state index contributed by atoms with van der Waals surface area (Å²) in [6, 6.07) is 14.4. The van der Waals surface area contributed by atoms with Crippen LogP contribution in [0.4, 0.5) is 10.1 Å². The molecular formula is C21H25Cl2FN6O. The van der Waals surface area contributed by atoms with Crippen molar-refractivity contribution in [3.8, 4) is 0 Å². The zero-order valence-electron chi connectivity index (χ0n) is 17.2. The Balaban J connectivity index is 0.00000272.